The van der Waals surface area contributed by atoms with Crippen LogP contribution in [-0.4, -0.2) is 62.1 Å². The number of nitrogens with zero attached hydrogens (tertiary/aromatic N) is 2. The van der Waals surface area contributed by atoms with E-state index in [9.17, 15) is 4.79 Å². The lowest BCUT2D eigenvalue weighted by atomic mass is 10.0. The molecule has 21 heavy (non-hydrogen) atoms. The van der Waals surface area contributed by atoms with Gasteiger partial charge in [0, 0.05) is 39.3 Å². The number of benzene rings is 1. The Hall–Kier alpha value is -1.43. The average Bonchev–Trinajstić information content (AvgIpc) is 2.56. The van der Waals surface area contributed by atoms with Crippen LogP contribution >= 0.6 is 0 Å². The molecule has 0 bridgehead atoms. The number of carbonyl (C=O) groups is 1. The van der Waals surface area contributed by atoms with Crippen LogP contribution in [0.4, 0.5) is 0 Å². The minimum Gasteiger partial charge on any atom is -0.379 e. The maximum absolute atomic E-state index is 11.2. The van der Waals surface area contributed by atoms with Gasteiger partial charge in [0.1, 0.15) is 0 Å². The van der Waals surface area contributed by atoms with E-state index in [2.05, 4.69) is 34.5 Å². The third kappa shape index (κ3) is 3.61. The highest BCUT2D eigenvalue weighted by Crippen LogP contribution is 2.21. The standard InChI is InChI=1S/C16H23N3O2/c20-13-19-6-5-17-11-16(19)15-3-1-14(2-4-15)12-18-7-9-21-10-8-18/h1-4,13,16-17H,5-12H2. The molecule has 1 aromatic rings. The van der Waals surface area contributed by atoms with E-state index in [1.807, 2.05) is 4.90 Å². The molecule has 2 fully saturated rings. The normalized spacial score (nSPS) is 24.0. The second-order valence-electron chi connectivity index (χ2n) is 5.69. The molecular weight excluding hydrogens is 266 g/mol. The second kappa shape index (κ2) is 7.02. The number of ether oxygens (including phenoxy) is 1. The van der Waals surface area contributed by atoms with Gasteiger partial charge in [-0.25, -0.2) is 0 Å². The highest BCUT2D eigenvalue weighted by Gasteiger charge is 2.22. The van der Waals surface area contributed by atoms with Crippen molar-refractivity contribution in [3.63, 3.8) is 0 Å². The van der Waals surface area contributed by atoms with Gasteiger partial charge in [-0.05, 0) is 11.1 Å². The van der Waals surface area contributed by atoms with Crippen molar-refractivity contribution < 1.29 is 9.53 Å². The number of piperazine rings is 1. The number of hydrogen-bond acceptors (Lipinski definition) is 4. The van der Waals surface area contributed by atoms with Gasteiger partial charge in [-0.3, -0.25) is 9.69 Å². The fraction of sp³-hybridized carbons (Fsp3) is 0.562. The first-order valence-corrected chi connectivity index (χ1v) is 7.67. The summed E-state index contributed by atoms with van der Waals surface area (Å²) in [4.78, 5) is 15.5. The largest absolute Gasteiger partial charge is 0.379 e. The predicted molar refractivity (Wildman–Crippen MR) is 80.9 cm³/mol. The van der Waals surface area contributed by atoms with Gasteiger partial charge in [0.25, 0.3) is 0 Å². The molecule has 0 aromatic heterocycles. The van der Waals surface area contributed by atoms with E-state index in [1.54, 1.807) is 0 Å². The van der Waals surface area contributed by atoms with Gasteiger partial charge < -0.3 is 15.0 Å². The first kappa shape index (κ1) is 14.5. The maximum Gasteiger partial charge on any atom is 0.210 e. The van der Waals surface area contributed by atoms with Crippen LogP contribution in [0.5, 0.6) is 0 Å². The lowest BCUT2D eigenvalue weighted by Crippen LogP contribution is -2.45. The summed E-state index contributed by atoms with van der Waals surface area (Å²) in [6, 6.07) is 8.84. The summed E-state index contributed by atoms with van der Waals surface area (Å²) in [5.41, 5.74) is 2.53. The van der Waals surface area contributed by atoms with Gasteiger partial charge in [0.05, 0.1) is 19.3 Å². The van der Waals surface area contributed by atoms with Gasteiger partial charge >= 0.3 is 0 Å². The van der Waals surface area contributed by atoms with E-state index >= 15 is 0 Å². The summed E-state index contributed by atoms with van der Waals surface area (Å²) in [7, 11) is 0. The molecule has 2 saturated heterocycles. The van der Waals surface area contributed by atoms with Crippen molar-refractivity contribution in [3.8, 4) is 0 Å². The number of nitrogens with one attached hydrogen (secondary N) is 1. The molecule has 1 N–H and O–H groups in total. The Bertz CT molecular complexity index is 457. The van der Waals surface area contributed by atoms with Crippen molar-refractivity contribution in [2.24, 2.45) is 0 Å². The molecule has 2 aliphatic heterocycles. The molecule has 1 atom stereocenters. The minimum atomic E-state index is 0.161. The molecule has 5 heteroatoms. The highest BCUT2D eigenvalue weighted by molar-refractivity contribution is 5.49. The Morgan fingerprint density at radius 1 is 1.19 bits per heavy atom. The number of amides is 1. The van der Waals surface area contributed by atoms with Gasteiger partial charge in [-0.15, -0.1) is 0 Å². The highest BCUT2D eigenvalue weighted by atomic mass is 16.5. The fourth-order valence-electron chi connectivity index (χ4n) is 3.02. The molecule has 2 aliphatic rings. The molecule has 2 heterocycles. The molecular formula is C16H23N3O2. The number of rotatable bonds is 4. The maximum atomic E-state index is 11.2. The molecule has 0 spiro atoms. The summed E-state index contributed by atoms with van der Waals surface area (Å²) in [6.45, 7) is 7.15. The van der Waals surface area contributed by atoms with E-state index in [0.29, 0.717) is 0 Å². The quantitative estimate of drug-likeness (QED) is 0.826. The zero-order chi connectivity index (χ0) is 14.5. The van der Waals surface area contributed by atoms with Crippen molar-refractivity contribution in [1.29, 1.82) is 0 Å². The topological polar surface area (TPSA) is 44.8 Å². The number of carbonyl (C=O) groups excluding carboxylic acids is 1. The van der Waals surface area contributed by atoms with Crippen LogP contribution in [0.2, 0.25) is 0 Å². The van der Waals surface area contributed by atoms with Crippen molar-refractivity contribution in [1.82, 2.24) is 15.1 Å². The molecule has 0 aliphatic carbocycles. The lowest BCUT2D eigenvalue weighted by molar-refractivity contribution is -0.121. The van der Waals surface area contributed by atoms with Crippen LogP contribution in [0, 0.1) is 0 Å². The third-order valence-electron chi connectivity index (χ3n) is 4.29. The third-order valence-corrected chi connectivity index (χ3v) is 4.29. The van der Waals surface area contributed by atoms with Crippen molar-refractivity contribution >= 4 is 6.41 Å². The number of hydrogen-bond donors (Lipinski definition) is 1. The molecule has 0 radical (unpaired) electrons. The Labute approximate surface area is 125 Å². The Morgan fingerprint density at radius 2 is 1.95 bits per heavy atom. The summed E-state index contributed by atoms with van der Waals surface area (Å²) >= 11 is 0. The van der Waals surface area contributed by atoms with Crippen LogP contribution in [-0.2, 0) is 16.1 Å². The van der Waals surface area contributed by atoms with Crippen LogP contribution in [0.3, 0.4) is 0 Å². The zero-order valence-electron chi connectivity index (χ0n) is 12.3. The van der Waals surface area contributed by atoms with Crippen LogP contribution in [0.1, 0.15) is 17.2 Å². The molecule has 0 saturated carbocycles. The molecule has 3 rings (SSSR count). The zero-order valence-corrected chi connectivity index (χ0v) is 12.3. The average molecular weight is 289 g/mol. The molecule has 1 aromatic carbocycles. The van der Waals surface area contributed by atoms with Crippen LogP contribution in [0.25, 0.3) is 0 Å². The van der Waals surface area contributed by atoms with E-state index in [-0.39, 0.29) is 6.04 Å². The summed E-state index contributed by atoms with van der Waals surface area (Å²) in [6.07, 6.45) is 0.965. The van der Waals surface area contributed by atoms with Crippen molar-refractivity contribution in [2.75, 3.05) is 45.9 Å². The minimum absolute atomic E-state index is 0.161. The van der Waals surface area contributed by atoms with Crippen molar-refractivity contribution in [3.05, 3.63) is 35.4 Å². The fourth-order valence-corrected chi connectivity index (χ4v) is 3.02. The van der Waals surface area contributed by atoms with Crippen LogP contribution in [0.15, 0.2) is 24.3 Å². The number of morpholine rings is 1. The lowest BCUT2D eigenvalue weighted by Gasteiger charge is -2.33. The SMILES string of the molecule is O=CN1CCNCC1c1ccc(CN2CCOCC2)cc1. The summed E-state index contributed by atoms with van der Waals surface area (Å²) < 4.78 is 5.37. The van der Waals surface area contributed by atoms with Crippen LogP contribution < -0.4 is 5.32 Å². The van der Waals surface area contributed by atoms with E-state index in [4.69, 9.17) is 4.74 Å². The molecule has 114 valence electrons. The Balaban J connectivity index is 1.64. The van der Waals surface area contributed by atoms with Crippen molar-refractivity contribution in [2.45, 2.75) is 12.6 Å². The Morgan fingerprint density at radius 3 is 2.67 bits per heavy atom. The predicted octanol–water partition coefficient (Wildman–Crippen LogP) is 0.622. The van der Waals surface area contributed by atoms with Gasteiger partial charge in [-0.2, -0.15) is 0 Å². The van der Waals surface area contributed by atoms with Gasteiger partial charge in [-0.1, -0.05) is 24.3 Å². The van der Waals surface area contributed by atoms with Gasteiger partial charge in [0.2, 0.25) is 6.41 Å². The van der Waals surface area contributed by atoms with Gasteiger partial charge in [0.15, 0.2) is 0 Å². The first-order valence-electron chi connectivity index (χ1n) is 7.67. The van der Waals surface area contributed by atoms with E-state index < -0.39 is 0 Å². The monoisotopic (exact) mass is 289 g/mol. The first-order chi connectivity index (χ1) is 10.4. The van der Waals surface area contributed by atoms with E-state index in [1.165, 1.54) is 11.1 Å². The molecule has 1 amide bonds. The Kier molecular flexibility index (Phi) is 4.85. The molecule has 1 unspecified atom stereocenters. The molecule has 5 nitrogen and oxygen atoms in total. The smallest absolute Gasteiger partial charge is 0.210 e. The second-order valence-corrected chi connectivity index (χ2v) is 5.69. The summed E-state index contributed by atoms with van der Waals surface area (Å²) in [5.74, 6) is 0. The summed E-state index contributed by atoms with van der Waals surface area (Å²) in [5, 5.41) is 3.36. The van der Waals surface area contributed by atoms with E-state index in [0.717, 1.165) is 58.9 Å².